The molecule has 2 aromatic rings. The largest absolute Gasteiger partial charge is 0.496 e. The van der Waals surface area contributed by atoms with Crippen LogP contribution >= 0.6 is 0 Å². The monoisotopic (exact) mass is 427 g/mol. The van der Waals surface area contributed by atoms with Gasteiger partial charge >= 0.3 is 5.97 Å². The lowest BCUT2D eigenvalue weighted by Crippen LogP contribution is -2.29. The van der Waals surface area contributed by atoms with Crippen LogP contribution < -0.4 is 19.5 Å². The van der Waals surface area contributed by atoms with E-state index in [1.807, 2.05) is 38.1 Å². The number of carbonyl (C=O) groups is 2. The molecule has 1 N–H and O–H groups in total. The van der Waals surface area contributed by atoms with E-state index in [1.54, 1.807) is 12.1 Å². The molecular weight excluding hydrogens is 398 g/mol. The molecule has 0 saturated carbocycles. The maximum Gasteiger partial charge on any atom is 0.331 e. The highest BCUT2D eigenvalue weighted by Gasteiger charge is 2.18. The number of hydrogen-bond acceptors (Lipinski definition) is 6. The van der Waals surface area contributed by atoms with E-state index in [0.29, 0.717) is 28.5 Å². The lowest BCUT2D eigenvalue weighted by Gasteiger charge is -2.16. The van der Waals surface area contributed by atoms with Gasteiger partial charge in [-0.05, 0) is 36.6 Å². The Hall–Kier alpha value is -3.48. The van der Waals surface area contributed by atoms with Gasteiger partial charge in [-0.3, -0.25) is 4.79 Å². The zero-order chi connectivity index (χ0) is 23.0. The van der Waals surface area contributed by atoms with E-state index in [-0.39, 0.29) is 5.92 Å². The van der Waals surface area contributed by atoms with Crippen LogP contribution in [0.4, 0.5) is 5.69 Å². The van der Waals surface area contributed by atoms with Crippen molar-refractivity contribution in [2.75, 3.05) is 26.6 Å². The molecule has 7 nitrogen and oxygen atoms in total. The number of amides is 1. The summed E-state index contributed by atoms with van der Waals surface area (Å²) in [7, 11) is 4.55. The van der Waals surface area contributed by atoms with Gasteiger partial charge in [-0.2, -0.15) is 0 Å². The number of hydrogen-bond donors (Lipinski definition) is 1. The van der Waals surface area contributed by atoms with Crippen molar-refractivity contribution in [3.63, 3.8) is 0 Å². The van der Waals surface area contributed by atoms with Gasteiger partial charge in [-0.15, -0.1) is 0 Å². The van der Waals surface area contributed by atoms with Gasteiger partial charge in [0.05, 0.1) is 21.3 Å². The van der Waals surface area contributed by atoms with Crippen molar-refractivity contribution < 1.29 is 28.5 Å². The number of methoxy groups -OCH3 is 3. The molecule has 2 rings (SSSR count). The third kappa shape index (κ3) is 6.25. The smallest absolute Gasteiger partial charge is 0.331 e. The highest BCUT2D eigenvalue weighted by atomic mass is 16.5. The highest BCUT2D eigenvalue weighted by Crippen LogP contribution is 2.35. The van der Waals surface area contributed by atoms with Crippen molar-refractivity contribution in [1.29, 1.82) is 0 Å². The molecule has 31 heavy (non-hydrogen) atoms. The topological polar surface area (TPSA) is 83.1 Å². The third-order valence-corrected chi connectivity index (χ3v) is 4.64. The first-order chi connectivity index (χ1) is 14.8. The molecule has 0 aliphatic heterocycles. The average molecular weight is 427 g/mol. The lowest BCUT2D eigenvalue weighted by molar-refractivity contribution is -0.148. The number of ether oxygens (including phenoxy) is 4. The van der Waals surface area contributed by atoms with Gasteiger partial charge in [0.15, 0.2) is 17.6 Å². The Labute approximate surface area is 183 Å². The highest BCUT2D eigenvalue weighted by molar-refractivity contribution is 5.97. The number of benzene rings is 2. The first-order valence-electron chi connectivity index (χ1n) is 9.89. The van der Waals surface area contributed by atoms with Crippen LogP contribution in [0.25, 0.3) is 6.08 Å². The van der Waals surface area contributed by atoms with Gasteiger partial charge in [-0.1, -0.05) is 32.0 Å². The van der Waals surface area contributed by atoms with E-state index >= 15 is 0 Å². The van der Waals surface area contributed by atoms with E-state index < -0.39 is 18.0 Å². The Balaban J connectivity index is 2.07. The zero-order valence-electron chi connectivity index (χ0n) is 18.7. The van der Waals surface area contributed by atoms with Crippen molar-refractivity contribution in [2.45, 2.75) is 32.8 Å². The second-order valence-electron chi connectivity index (χ2n) is 7.09. The van der Waals surface area contributed by atoms with Crippen molar-refractivity contribution in [1.82, 2.24) is 0 Å². The van der Waals surface area contributed by atoms with E-state index in [1.165, 1.54) is 40.4 Å². The van der Waals surface area contributed by atoms with Crippen LogP contribution in [0.3, 0.4) is 0 Å². The van der Waals surface area contributed by atoms with Gasteiger partial charge in [0, 0.05) is 23.4 Å². The molecule has 0 unspecified atom stereocenters. The van der Waals surface area contributed by atoms with Gasteiger partial charge in [0.25, 0.3) is 5.91 Å². The number of nitrogens with one attached hydrogen (secondary N) is 1. The van der Waals surface area contributed by atoms with E-state index in [0.717, 1.165) is 5.56 Å². The molecule has 1 amide bonds. The van der Waals surface area contributed by atoms with Crippen LogP contribution in [-0.4, -0.2) is 39.3 Å². The first kappa shape index (κ1) is 23.8. The second-order valence-corrected chi connectivity index (χ2v) is 7.09. The van der Waals surface area contributed by atoms with Crippen LogP contribution in [0.15, 0.2) is 42.5 Å². The molecule has 166 valence electrons. The van der Waals surface area contributed by atoms with Crippen LogP contribution in [-0.2, 0) is 14.3 Å². The summed E-state index contributed by atoms with van der Waals surface area (Å²) in [5.74, 6) is 0.681. The quantitative estimate of drug-likeness (QED) is 0.471. The summed E-state index contributed by atoms with van der Waals surface area (Å²) in [5.41, 5.74) is 2.31. The molecule has 0 radical (unpaired) electrons. The third-order valence-electron chi connectivity index (χ3n) is 4.64. The number of para-hydroxylation sites is 1. The van der Waals surface area contributed by atoms with Crippen molar-refractivity contribution in [3.05, 3.63) is 53.6 Å². The Morgan fingerprint density at radius 3 is 2.13 bits per heavy atom. The van der Waals surface area contributed by atoms with Crippen molar-refractivity contribution in [2.24, 2.45) is 0 Å². The minimum atomic E-state index is -0.968. The van der Waals surface area contributed by atoms with Gasteiger partial charge < -0.3 is 24.3 Å². The molecule has 0 spiro atoms. The Bertz CT molecular complexity index is 951. The summed E-state index contributed by atoms with van der Waals surface area (Å²) in [6, 6.07) is 10.9. The minimum Gasteiger partial charge on any atom is -0.496 e. The Kier molecular flexibility index (Phi) is 8.49. The van der Waals surface area contributed by atoms with Gasteiger partial charge in [-0.25, -0.2) is 4.79 Å². The normalized spacial score (nSPS) is 11.8. The molecule has 0 aromatic heterocycles. The fourth-order valence-electron chi connectivity index (χ4n) is 2.96. The molecule has 0 aliphatic rings. The Morgan fingerprint density at radius 2 is 1.52 bits per heavy atom. The molecule has 0 saturated heterocycles. The molecule has 0 heterocycles. The van der Waals surface area contributed by atoms with Crippen LogP contribution in [0.5, 0.6) is 17.2 Å². The van der Waals surface area contributed by atoms with E-state index in [4.69, 9.17) is 18.9 Å². The maximum atomic E-state index is 12.5. The van der Waals surface area contributed by atoms with Crippen LogP contribution in [0.1, 0.15) is 37.8 Å². The summed E-state index contributed by atoms with van der Waals surface area (Å²) in [6.07, 6.45) is 1.79. The summed E-state index contributed by atoms with van der Waals surface area (Å²) in [6.45, 7) is 5.61. The molecule has 7 heteroatoms. The second kappa shape index (κ2) is 11.1. The average Bonchev–Trinajstić information content (AvgIpc) is 2.76. The summed E-state index contributed by atoms with van der Waals surface area (Å²) >= 11 is 0. The maximum absolute atomic E-state index is 12.5. The molecule has 1 atom stereocenters. The number of carbonyl (C=O) groups excluding carboxylic acids is 2. The van der Waals surface area contributed by atoms with Crippen molar-refractivity contribution >= 4 is 23.6 Å². The number of anilines is 1. The molecular formula is C24H29NO6. The predicted octanol–water partition coefficient (Wildman–Crippen LogP) is 4.42. The molecule has 0 bridgehead atoms. The molecule has 0 aliphatic carbocycles. The van der Waals surface area contributed by atoms with E-state index in [9.17, 15) is 9.59 Å². The first-order valence-corrected chi connectivity index (χ1v) is 9.89. The van der Waals surface area contributed by atoms with Gasteiger partial charge in [0.2, 0.25) is 0 Å². The zero-order valence-corrected chi connectivity index (χ0v) is 18.7. The fraction of sp³-hybridized carbons (Fsp3) is 0.333. The van der Waals surface area contributed by atoms with Crippen molar-refractivity contribution in [3.8, 4) is 17.2 Å². The van der Waals surface area contributed by atoms with E-state index in [2.05, 4.69) is 5.32 Å². The lowest BCUT2D eigenvalue weighted by atomic mass is 10.0. The number of esters is 1. The summed E-state index contributed by atoms with van der Waals surface area (Å²) in [5, 5.41) is 2.83. The molecule has 0 fully saturated rings. The predicted molar refractivity (Wildman–Crippen MR) is 120 cm³/mol. The van der Waals surface area contributed by atoms with Crippen LogP contribution in [0.2, 0.25) is 0 Å². The SMILES string of the molecule is COc1cc(OC)c(OC)cc1/C=C/C(=O)O[C@@H](C)C(=O)Nc1ccccc1C(C)C. The standard InChI is InChI=1S/C24H29NO6/c1-15(2)18-9-7-8-10-19(18)25-24(27)16(3)31-23(26)12-11-17-13-21(29-5)22(30-6)14-20(17)28-4/h7-16H,1-6H3,(H,25,27)/b12-11+/t16-/m0/s1. The molecule has 2 aromatic carbocycles. The van der Waals surface area contributed by atoms with Gasteiger partial charge in [0.1, 0.15) is 5.75 Å². The Morgan fingerprint density at radius 1 is 0.903 bits per heavy atom. The minimum absolute atomic E-state index is 0.244. The number of rotatable bonds is 9. The van der Waals surface area contributed by atoms with Crippen LogP contribution in [0, 0.1) is 0 Å². The summed E-state index contributed by atoms with van der Waals surface area (Å²) in [4.78, 5) is 24.7. The summed E-state index contributed by atoms with van der Waals surface area (Å²) < 4.78 is 21.1. The fourth-order valence-corrected chi connectivity index (χ4v) is 2.96.